The Labute approximate surface area is 196 Å². The van der Waals surface area contributed by atoms with Gasteiger partial charge in [-0.25, -0.2) is 0 Å². The molecule has 11 heteroatoms. The van der Waals surface area contributed by atoms with Gasteiger partial charge in [-0.2, -0.15) is 4.80 Å². The van der Waals surface area contributed by atoms with Crippen molar-refractivity contribution in [2.24, 2.45) is 0 Å². The maximum absolute atomic E-state index is 13.3. The van der Waals surface area contributed by atoms with E-state index >= 15 is 0 Å². The van der Waals surface area contributed by atoms with Crippen LogP contribution in [0.4, 0.5) is 0 Å². The highest BCUT2D eigenvalue weighted by Crippen LogP contribution is 2.26. The average Bonchev–Trinajstić information content (AvgIpc) is 3.57. The highest BCUT2D eigenvalue weighted by atomic mass is 16.3. The maximum Gasteiger partial charge on any atom is 0.247 e. The number of aromatic hydroxyl groups is 1. The van der Waals surface area contributed by atoms with Crippen LogP contribution in [-0.4, -0.2) is 66.3 Å². The number of hydrogen-bond acceptors (Lipinski definition) is 8. The number of nitrogens with one attached hydrogen (secondary N) is 1. The fourth-order valence-corrected chi connectivity index (χ4v) is 4.16. The summed E-state index contributed by atoms with van der Waals surface area (Å²) >= 11 is 0. The quantitative estimate of drug-likeness (QED) is 0.429. The molecule has 1 aromatic carbocycles. The van der Waals surface area contributed by atoms with E-state index in [1.54, 1.807) is 31.2 Å². The Morgan fingerprint density at radius 1 is 1.21 bits per heavy atom. The van der Waals surface area contributed by atoms with Crippen molar-refractivity contribution in [2.45, 2.75) is 51.2 Å². The van der Waals surface area contributed by atoms with E-state index in [1.807, 2.05) is 0 Å². The van der Waals surface area contributed by atoms with Gasteiger partial charge in [0.15, 0.2) is 5.76 Å². The zero-order chi connectivity index (χ0) is 24.1. The second-order valence-corrected chi connectivity index (χ2v) is 8.35. The van der Waals surface area contributed by atoms with E-state index in [-0.39, 0.29) is 43.2 Å². The minimum absolute atomic E-state index is 0.0474. The molecule has 2 amide bonds. The van der Waals surface area contributed by atoms with Crippen LogP contribution in [0.15, 0.2) is 40.8 Å². The molecule has 0 spiro atoms. The van der Waals surface area contributed by atoms with E-state index in [1.165, 1.54) is 17.0 Å². The summed E-state index contributed by atoms with van der Waals surface area (Å²) < 4.78 is 5.49. The molecular weight excluding hydrogens is 440 g/mol. The van der Waals surface area contributed by atoms with Crippen LogP contribution >= 0.6 is 0 Å². The van der Waals surface area contributed by atoms with Crippen molar-refractivity contribution in [3.8, 4) is 17.3 Å². The van der Waals surface area contributed by atoms with E-state index in [0.717, 1.165) is 30.5 Å². The number of aromatic nitrogens is 4. The zero-order valence-electron chi connectivity index (χ0n) is 18.9. The van der Waals surface area contributed by atoms with E-state index in [9.17, 15) is 19.8 Å². The fourth-order valence-electron chi connectivity index (χ4n) is 4.16. The van der Waals surface area contributed by atoms with Crippen molar-refractivity contribution in [3.05, 3.63) is 47.7 Å². The predicted octanol–water partition coefficient (Wildman–Crippen LogP) is 1.57. The van der Waals surface area contributed by atoms with E-state index in [2.05, 4.69) is 20.7 Å². The summed E-state index contributed by atoms with van der Waals surface area (Å²) in [4.78, 5) is 29.1. The highest BCUT2D eigenvalue weighted by molar-refractivity contribution is 5.89. The van der Waals surface area contributed by atoms with Crippen LogP contribution < -0.4 is 5.32 Å². The van der Waals surface area contributed by atoms with Gasteiger partial charge in [0.05, 0.1) is 6.61 Å². The molecule has 0 radical (unpaired) electrons. The Hall–Kier alpha value is -3.73. The third-order valence-corrected chi connectivity index (χ3v) is 5.82. The molecule has 1 fully saturated rings. The largest absolute Gasteiger partial charge is 0.508 e. The van der Waals surface area contributed by atoms with Gasteiger partial charge in [0.2, 0.25) is 17.6 Å². The molecule has 0 aliphatic heterocycles. The number of nitrogens with zero attached hydrogens (tertiary/aromatic N) is 5. The number of furan rings is 1. The number of rotatable bonds is 9. The molecule has 1 atom stereocenters. The minimum Gasteiger partial charge on any atom is -0.508 e. The molecule has 0 bridgehead atoms. The number of aliphatic hydroxyl groups is 1. The van der Waals surface area contributed by atoms with Crippen molar-refractivity contribution in [1.82, 2.24) is 30.4 Å². The molecule has 0 unspecified atom stereocenters. The number of amides is 2. The van der Waals surface area contributed by atoms with Crippen LogP contribution in [-0.2, 0) is 16.1 Å². The molecule has 1 saturated carbocycles. The standard InChI is InChI=1S/C23H28N6O5/c1-15-6-11-19(34-15)22-25-27-29(26-22)14-20(32)28(12-13-30)21(16-7-9-18(31)10-8-16)23(33)24-17-4-2-3-5-17/h6-11,17,21,30-31H,2-5,12-14H2,1H3,(H,24,33)/t21-/m1/s1. The summed E-state index contributed by atoms with van der Waals surface area (Å²) in [7, 11) is 0. The first kappa shape index (κ1) is 23.4. The van der Waals surface area contributed by atoms with Gasteiger partial charge in [0.25, 0.3) is 0 Å². The third kappa shape index (κ3) is 5.42. The van der Waals surface area contributed by atoms with Crippen molar-refractivity contribution in [3.63, 3.8) is 0 Å². The molecule has 11 nitrogen and oxygen atoms in total. The topological polar surface area (TPSA) is 147 Å². The van der Waals surface area contributed by atoms with Gasteiger partial charge < -0.3 is 24.8 Å². The van der Waals surface area contributed by atoms with Gasteiger partial charge in [-0.05, 0) is 54.8 Å². The Morgan fingerprint density at radius 3 is 2.59 bits per heavy atom. The molecule has 34 heavy (non-hydrogen) atoms. The number of carbonyl (C=O) groups is 2. The van der Waals surface area contributed by atoms with Crippen LogP contribution in [0.2, 0.25) is 0 Å². The Bertz CT molecular complexity index is 1120. The first-order valence-corrected chi connectivity index (χ1v) is 11.3. The lowest BCUT2D eigenvalue weighted by molar-refractivity contribution is -0.142. The summed E-state index contributed by atoms with van der Waals surface area (Å²) in [5, 5.41) is 34.5. The molecule has 3 N–H and O–H groups in total. The summed E-state index contributed by atoms with van der Waals surface area (Å²) in [5.74, 6) is 0.615. The summed E-state index contributed by atoms with van der Waals surface area (Å²) in [5.41, 5.74) is 0.522. The van der Waals surface area contributed by atoms with Gasteiger partial charge in [0, 0.05) is 12.6 Å². The summed E-state index contributed by atoms with van der Waals surface area (Å²) in [6.07, 6.45) is 3.87. The van der Waals surface area contributed by atoms with Crippen LogP contribution in [0.1, 0.15) is 43.0 Å². The number of aliphatic hydroxyl groups excluding tert-OH is 1. The first-order valence-electron chi connectivity index (χ1n) is 11.3. The number of phenols is 1. The Morgan fingerprint density at radius 2 is 1.94 bits per heavy atom. The van der Waals surface area contributed by atoms with Gasteiger partial charge in [-0.1, -0.05) is 25.0 Å². The average molecular weight is 469 g/mol. The fraction of sp³-hybridized carbons (Fsp3) is 0.435. The van der Waals surface area contributed by atoms with Crippen LogP contribution in [0.3, 0.4) is 0 Å². The molecule has 3 aromatic rings. The maximum atomic E-state index is 13.3. The van der Waals surface area contributed by atoms with Crippen molar-refractivity contribution >= 4 is 11.8 Å². The van der Waals surface area contributed by atoms with Gasteiger partial charge in [0.1, 0.15) is 24.1 Å². The number of hydrogen-bond donors (Lipinski definition) is 3. The normalized spacial score (nSPS) is 14.8. The van der Waals surface area contributed by atoms with Gasteiger partial charge in [-0.3, -0.25) is 9.59 Å². The molecule has 1 aliphatic carbocycles. The number of tetrazole rings is 1. The van der Waals surface area contributed by atoms with Crippen LogP contribution in [0.5, 0.6) is 5.75 Å². The number of benzene rings is 1. The summed E-state index contributed by atoms with van der Waals surface area (Å²) in [6, 6.07) is 8.66. The third-order valence-electron chi connectivity index (χ3n) is 5.82. The smallest absolute Gasteiger partial charge is 0.247 e. The van der Waals surface area contributed by atoms with Crippen molar-refractivity contribution in [2.75, 3.05) is 13.2 Å². The molecule has 1 aliphatic rings. The van der Waals surface area contributed by atoms with Crippen molar-refractivity contribution < 1.29 is 24.2 Å². The SMILES string of the molecule is Cc1ccc(-c2nnn(CC(=O)N(CCO)[C@@H](C(=O)NC3CCCC3)c3ccc(O)cc3)n2)o1. The molecular formula is C23H28N6O5. The summed E-state index contributed by atoms with van der Waals surface area (Å²) in [6.45, 7) is 1.11. The van der Waals surface area contributed by atoms with Crippen LogP contribution in [0.25, 0.3) is 11.6 Å². The van der Waals surface area contributed by atoms with E-state index in [0.29, 0.717) is 17.1 Å². The van der Waals surface area contributed by atoms with Gasteiger partial charge in [-0.15, -0.1) is 10.2 Å². The Kier molecular flexibility index (Phi) is 7.21. The molecule has 180 valence electrons. The molecule has 2 aromatic heterocycles. The minimum atomic E-state index is -0.989. The number of carbonyl (C=O) groups excluding carboxylic acids is 2. The predicted molar refractivity (Wildman–Crippen MR) is 120 cm³/mol. The second kappa shape index (κ2) is 10.5. The zero-order valence-corrected chi connectivity index (χ0v) is 18.9. The number of aryl methyl sites for hydroxylation is 1. The van der Waals surface area contributed by atoms with Crippen molar-refractivity contribution in [1.29, 1.82) is 0 Å². The Balaban J connectivity index is 1.57. The molecule has 0 saturated heterocycles. The second-order valence-electron chi connectivity index (χ2n) is 8.35. The lowest BCUT2D eigenvalue weighted by atomic mass is 10.0. The van der Waals surface area contributed by atoms with Gasteiger partial charge >= 0.3 is 0 Å². The van der Waals surface area contributed by atoms with Crippen LogP contribution in [0, 0.1) is 6.92 Å². The molecule has 2 heterocycles. The first-order chi connectivity index (χ1) is 16.4. The monoisotopic (exact) mass is 468 g/mol. The lowest BCUT2D eigenvalue weighted by Gasteiger charge is -2.31. The highest BCUT2D eigenvalue weighted by Gasteiger charge is 2.33. The van der Waals surface area contributed by atoms with E-state index < -0.39 is 11.9 Å². The van der Waals surface area contributed by atoms with E-state index in [4.69, 9.17) is 4.42 Å². The number of phenolic OH excluding ortho intramolecular Hbond substituents is 1. The lowest BCUT2D eigenvalue weighted by Crippen LogP contribution is -2.48. The molecule has 4 rings (SSSR count).